The summed E-state index contributed by atoms with van der Waals surface area (Å²) in [6.45, 7) is 0. The molecule has 3 rings (SSSR count). The number of amides is 1. The zero-order chi connectivity index (χ0) is 11.9. The van der Waals surface area contributed by atoms with Crippen LogP contribution >= 0.6 is 15.9 Å². The minimum Gasteiger partial charge on any atom is -0.350 e. The Bertz CT molecular complexity index is 301. The highest BCUT2D eigenvalue weighted by Gasteiger charge is 2.48. The molecular formula is C14H22BrNO. The van der Waals surface area contributed by atoms with E-state index in [4.69, 9.17) is 0 Å². The molecule has 0 aromatic carbocycles. The number of alkyl halides is 1. The Morgan fingerprint density at radius 2 is 1.76 bits per heavy atom. The van der Waals surface area contributed by atoms with Gasteiger partial charge in [-0.3, -0.25) is 4.79 Å². The first-order valence-electron chi connectivity index (χ1n) is 7.10. The fourth-order valence-corrected chi connectivity index (χ4v) is 4.51. The first-order chi connectivity index (χ1) is 8.22. The van der Waals surface area contributed by atoms with Gasteiger partial charge in [0.2, 0.25) is 5.91 Å². The second-order valence-electron chi connectivity index (χ2n) is 6.39. The van der Waals surface area contributed by atoms with E-state index in [1.165, 1.54) is 25.7 Å². The molecule has 3 aliphatic rings. The SMILES string of the molecule is O=C(NC1(CBr)CCCCC1)C1CC2CC2C1. The minimum absolute atomic E-state index is 0.0715. The van der Waals surface area contributed by atoms with Crippen molar-refractivity contribution in [1.82, 2.24) is 5.32 Å². The van der Waals surface area contributed by atoms with E-state index < -0.39 is 0 Å². The Morgan fingerprint density at radius 1 is 1.12 bits per heavy atom. The summed E-state index contributed by atoms with van der Waals surface area (Å²) in [6.07, 6.45) is 9.89. The van der Waals surface area contributed by atoms with Gasteiger partial charge in [-0.1, -0.05) is 35.2 Å². The van der Waals surface area contributed by atoms with Crippen LogP contribution in [0.5, 0.6) is 0 Å². The lowest BCUT2D eigenvalue weighted by molar-refractivity contribution is -0.127. The highest BCUT2D eigenvalue weighted by molar-refractivity contribution is 9.09. The Morgan fingerprint density at radius 3 is 2.35 bits per heavy atom. The molecule has 0 spiro atoms. The van der Waals surface area contributed by atoms with Crippen molar-refractivity contribution in [3.8, 4) is 0 Å². The molecule has 3 aliphatic carbocycles. The number of nitrogens with one attached hydrogen (secondary N) is 1. The van der Waals surface area contributed by atoms with E-state index in [0.29, 0.717) is 11.8 Å². The first-order valence-corrected chi connectivity index (χ1v) is 8.23. The molecule has 96 valence electrons. The van der Waals surface area contributed by atoms with Crippen molar-refractivity contribution in [3.05, 3.63) is 0 Å². The summed E-state index contributed by atoms with van der Waals surface area (Å²) in [5, 5.41) is 4.30. The molecule has 3 heteroatoms. The van der Waals surface area contributed by atoms with Crippen LogP contribution in [0.15, 0.2) is 0 Å². The molecule has 0 aliphatic heterocycles. The standard InChI is InChI=1S/C14H22BrNO/c15-9-14(4-2-1-3-5-14)16-13(17)12-7-10-6-11(10)8-12/h10-12H,1-9H2,(H,16,17). The van der Waals surface area contributed by atoms with Crippen LogP contribution in [-0.2, 0) is 4.79 Å². The van der Waals surface area contributed by atoms with Crippen molar-refractivity contribution in [2.24, 2.45) is 17.8 Å². The second kappa shape index (κ2) is 4.56. The van der Waals surface area contributed by atoms with Crippen molar-refractivity contribution in [3.63, 3.8) is 0 Å². The third-order valence-electron chi connectivity index (χ3n) is 5.07. The maximum absolute atomic E-state index is 12.3. The average molecular weight is 300 g/mol. The molecule has 3 saturated carbocycles. The minimum atomic E-state index is 0.0715. The number of carbonyl (C=O) groups excluding carboxylic acids is 1. The van der Waals surface area contributed by atoms with Gasteiger partial charge < -0.3 is 5.32 Å². The largest absolute Gasteiger partial charge is 0.350 e. The zero-order valence-electron chi connectivity index (χ0n) is 10.4. The number of carbonyl (C=O) groups is 1. The molecule has 2 atom stereocenters. The van der Waals surface area contributed by atoms with Gasteiger partial charge in [0.15, 0.2) is 0 Å². The fourth-order valence-electron chi connectivity index (χ4n) is 3.81. The molecule has 0 saturated heterocycles. The predicted molar refractivity (Wildman–Crippen MR) is 72.1 cm³/mol. The highest BCUT2D eigenvalue weighted by atomic mass is 79.9. The molecule has 0 radical (unpaired) electrons. The van der Waals surface area contributed by atoms with Gasteiger partial charge in [0.25, 0.3) is 0 Å². The Balaban J connectivity index is 1.58. The van der Waals surface area contributed by atoms with Crippen molar-refractivity contribution >= 4 is 21.8 Å². The van der Waals surface area contributed by atoms with Crippen LogP contribution in [0.4, 0.5) is 0 Å². The topological polar surface area (TPSA) is 29.1 Å². The number of hydrogen-bond acceptors (Lipinski definition) is 1. The van der Waals surface area contributed by atoms with E-state index in [9.17, 15) is 4.79 Å². The first kappa shape index (κ1) is 12.0. The highest BCUT2D eigenvalue weighted by Crippen LogP contribution is 2.54. The van der Waals surface area contributed by atoms with Gasteiger partial charge in [-0.15, -0.1) is 0 Å². The molecule has 2 nitrogen and oxygen atoms in total. The van der Waals surface area contributed by atoms with Gasteiger partial charge in [-0.05, 0) is 43.9 Å². The van der Waals surface area contributed by atoms with E-state index in [0.717, 1.165) is 42.8 Å². The van der Waals surface area contributed by atoms with Crippen LogP contribution in [0.1, 0.15) is 51.4 Å². The van der Waals surface area contributed by atoms with Gasteiger partial charge >= 0.3 is 0 Å². The van der Waals surface area contributed by atoms with E-state index >= 15 is 0 Å². The van der Waals surface area contributed by atoms with E-state index in [-0.39, 0.29) is 5.54 Å². The molecule has 0 aromatic heterocycles. The van der Waals surface area contributed by atoms with Gasteiger partial charge in [-0.2, -0.15) is 0 Å². The molecule has 2 unspecified atom stereocenters. The molecule has 0 heterocycles. The zero-order valence-corrected chi connectivity index (χ0v) is 12.0. The van der Waals surface area contributed by atoms with Crippen LogP contribution in [0, 0.1) is 17.8 Å². The van der Waals surface area contributed by atoms with Crippen LogP contribution in [-0.4, -0.2) is 16.8 Å². The predicted octanol–water partition coefficient (Wildman–Crippen LogP) is 3.25. The lowest BCUT2D eigenvalue weighted by atomic mass is 9.82. The van der Waals surface area contributed by atoms with Gasteiger partial charge in [0.05, 0.1) is 0 Å². The van der Waals surface area contributed by atoms with E-state index in [1.807, 2.05) is 0 Å². The van der Waals surface area contributed by atoms with Crippen molar-refractivity contribution in [2.75, 3.05) is 5.33 Å². The summed E-state index contributed by atoms with van der Waals surface area (Å²) in [6, 6.07) is 0. The number of hydrogen-bond donors (Lipinski definition) is 1. The Labute approximate surface area is 112 Å². The summed E-state index contributed by atoms with van der Waals surface area (Å²) >= 11 is 3.61. The van der Waals surface area contributed by atoms with Crippen molar-refractivity contribution in [2.45, 2.75) is 56.9 Å². The number of halogens is 1. The molecular weight excluding hydrogens is 278 g/mol. The summed E-state index contributed by atoms with van der Waals surface area (Å²) in [7, 11) is 0. The molecule has 1 N–H and O–H groups in total. The summed E-state index contributed by atoms with van der Waals surface area (Å²) < 4.78 is 0. The van der Waals surface area contributed by atoms with Crippen LogP contribution in [0.2, 0.25) is 0 Å². The number of rotatable bonds is 3. The van der Waals surface area contributed by atoms with Crippen molar-refractivity contribution < 1.29 is 4.79 Å². The van der Waals surface area contributed by atoms with E-state index in [1.54, 1.807) is 0 Å². The third-order valence-corrected chi connectivity index (χ3v) is 6.14. The maximum atomic E-state index is 12.3. The third kappa shape index (κ3) is 2.40. The normalized spacial score (nSPS) is 38.5. The van der Waals surface area contributed by atoms with Crippen LogP contribution in [0.25, 0.3) is 0 Å². The molecule has 17 heavy (non-hydrogen) atoms. The monoisotopic (exact) mass is 299 g/mol. The molecule has 0 bridgehead atoms. The van der Waals surface area contributed by atoms with Gasteiger partial charge in [0, 0.05) is 16.8 Å². The second-order valence-corrected chi connectivity index (χ2v) is 6.95. The smallest absolute Gasteiger partial charge is 0.223 e. The summed E-state index contributed by atoms with van der Waals surface area (Å²) in [4.78, 5) is 12.3. The molecule has 0 aromatic rings. The molecule has 3 fully saturated rings. The average Bonchev–Trinajstić information content (AvgIpc) is 2.97. The summed E-state index contributed by atoms with van der Waals surface area (Å²) in [5.41, 5.74) is 0.0715. The Hall–Kier alpha value is -0.0500. The van der Waals surface area contributed by atoms with Gasteiger partial charge in [-0.25, -0.2) is 0 Å². The Kier molecular flexibility index (Phi) is 3.22. The van der Waals surface area contributed by atoms with Crippen LogP contribution < -0.4 is 5.32 Å². The summed E-state index contributed by atoms with van der Waals surface area (Å²) in [5.74, 6) is 2.48. The molecule has 1 amide bonds. The lowest BCUT2D eigenvalue weighted by Gasteiger charge is -2.37. The maximum Gasteiger partial charge on any atom is 0.223 e. The van der Waals surface area contributed by atoms with Crippen LogP contribution in [0.3, 0.4) is 0 Å². The number of fused-ring (bicyclic) bond motifs is 1. The van der Waals surface area contributed by atoms with E-state index in [2.05, 4.69) is 21.2 Å². The quantitative estimate of drug-likeness (QED) is 0.797. The lowest BCUT2D eigenvalue weighted by Crippen LogP contribution is -2.52. The van der Waals surface area contributed by atoms with Gasteiger partial charge in [0.1, 0.15) is 0 Å². The van der Waals surface area contributed by atoms with Crippen molar-refractivity contribution in [1.29, 1.82) is 0 Å². The fraction of sp³-hybridized carbons (Fsp3) is 0.929.